The Morgan fingerprint density at radius 2 is 1.91 bits per heavy atom. The Bertz CT molecular complexity index is 561. The molecule has 0 aromatic heterocycles. The Hall–Kier alpha value is -1.88. The lowest BCUT2D eigenvalue weighted by molar-refractivity contribution is -0.118. The average molecular weight is 315 g/mol. The first kappa shape index (κ1) is 16.0. The number of likely N-dealkylation sites (tertiary alicyclic amines) is 1. The summed E-state index contributed by atoms with van der Waals surface area (Å²) in [5, 5.41) is 6.18. The number of amides is 2. The third-order valence-electron chi connectivity index (χ3n) is 4.65. The second-order valence-electron chi connectivity index (χ2n) is 6.43. The van der Waals surface area contributed by atoms with Crippen molar-refractivity contribution in [1.29, 1.82) is 0 Å². The van der Waals surface area contributed by atoms with Gasteiger partial charge in [-0.1, -0.05) is 12.5 Å². The predicted molar refractivity (Wildman–Crippen MR) is 90.5 cm³/mol. The van der Waals surface area contributed by atoms with Crippen molar-refractivity contribution in [3.05, 3.63) is 29.8 Å². The highest BCUT2D eigenvalue weighted by molar-refractivity contribution is 5.98. The molecule has 3 rings (SSSR count). The molecule has 5 heteroatoms. The SMILES string of the molecule is O=C(Nc1cccc(C(=O)N2CCCCC2)c1)C1CCCCN1. The van der Waals surface area contributed by atoms with Crippen LogP contribution in [0.3, 0.4) is 0 Å². The molecule has 0 radical (unpaired) electrons. The molecule has 2 saturated heterocycles. The number of rotatable bonds is 3. The Kier molecular flexibility index (Phi) is 5.28. The van der Waals surface area contributed by atoms with Crippen molar-refractivity contribution in [2.75, 3.05) is 25.0 Å². The van der Waals surface area contributed by atoms with Gasteiger partial charge in [-0.05, 0) is 56.8 Å². The molecule has 23 heavy (non-hydrogen) atoms. The van der Waals surface area contributed by atoms with Crippen molar-refractivity contribution in [2.45, 2.75) is 44.6 Å². The molecule has 1 aromatic carbocycles. The van der Waals surface area contributed by atoms with Gasteiger partial charge in [0.1, 0.15) is 0 Å². The van der Waals surface area contributed by atoms with Crippen LogP contribution in [0.15, 0.2) is 24.3 Å². The van der Waals surface area contributed by atoms with Gasteiger partial charge in [-0.3, -0.25) is 9.59 Å². The summed E-state index contributed by atoms with van der Waals surface area (Å²) in [6.45, 7) is 2.56. The molecule has 1 aromatic rings. The summed E-state index contributed by atoms with van der Waals surface area (Å²) in [5.74, 6) is 0.0591. The highest BCUT2D eigenvalue weighted by atomic mass is 16.2. The van der Waals surface area contributed by atoms with Crippen LogP contribution in [-0.4, -0.2) is 42.4 Å². The Morgan fingerprint density at radius 3 is 2.65 bits per heavy atom. The fourth-order valence-corrected chi connectivity index (χ4v) is 3.31. The third-order valence-corrected chi connectivity index (χ3v) is 4.65. The van der Waals surface area contributed by atoms with Gasteiger partial charge in [-0.25, -0.2) is 0 Å². The van der Waals surface area contributed by atoms with Gasteiger partial charge in [0.15, 0.2) is 0 Å². The van der Waals surface area contributed by atoms with Crippen LogP contribution >= 0.6 is 0 Å². The van der Waals surface area contributed by atoms with Crippen LogP contribution in [0.4, 0.5) is 5.69 Å². The zero-order valence-corrected chi connectivity index (χ0v) is 13.5. The zero-order chi connectivity index (χ0) is 16.1. The van der Waals surface area contributed by atoms with E-state index in [1.807, 2.05) is 23.1 Å². The summed E-state index contributed by atoms with van der Waals surface area (Å²) in [6.07, 6.45) is 6.44. The molecule has 0 bridgehead atoms. The Morgan fingerprint density at radius 1 is 1.09 bits per heavy atom. The predicted octanol–water partition coefficient (Wildman–Crippen LogP) is 2.39. The van der Waals surface area contributed by atoms with E-state index in [2.05, 4.69) is 10.6 Å². The van der Waals surface area contributed by atoms with Gasteiger partial charge in [0, 0.05) is 24.3 Å². The number of benzene rings is 1. The number of hydrogen-bond donors (Lipinski definition) is 2. The van der Waals surface area contributed by atoms with Crippen LogP contribution in [0.25, 0.3) is 0 Å². The topological polar surface area (TPSA) is 61.4 Å². The van der Waals surface area contributed by atoms with Gasteiger partial charge in [0.05, 0.1) is 6.04 Å². The highest BCUT2D eigenvalue weighted by Crippen LogP contribution is 2.17. The van der Waals surface area contributed by atoms with E-state index in [0.29, 0.717) is 11.3 Å². The molecule has 1 unspecified atom stereocenters. The molecule has 0 spiro atoms. The molecule has 0 saturated carbocycles. The second-order valence-corrected chi connectivity index (χ2v) is 6.43. The molecule has 124 valence electrons. The van der Waals surface area contributed by atoms with E-state index in [1.165, 1.54) is 6.42 Å². The van der Waals surface area contributed by atoms with Crippen LogP contribution in [0, 0.1) is 0 Å². The largest absolute Gasteiger partial charge is 0.339 e. The average Bonchev–Trinajstić information content (AvgIpc) is 2.63. The summed E-state index contributed by atoms with van der Waals surface area (Å²) in [4.78, 5) is 26.7. The lowest BCUT2D eigenvalue weighted by Crippen LogP contribution is -2.43. The van der Waals surface area contributed by atoms with E-state index in [1.54, 1.807) is 6.07 Å². The number of nitrogens with one attached hydrogen (secondary N) is 2. The fourth-order valence-electron chi connectivity index (χ4n) is 3.31. The van der Waals surface area contributed by atoms with Gasteiger partial charge in [-0.15, -0.1) is 0 Å². The van der Waals surface area contributed by atoms with Gasteiger partial charge in [0.2, 0.25) is 5.91 Å². The molecule has 0 aliphatic carbocycles. The maximum atomic E-state index is 12.5. The van der Waals surface area contributed by atoms with Crippen LogP contribution in [-0.2, 0) is 4.79 Å². The number of carbonyl (C=O) groups excluding carboxylic acids is 2. The molecule has 2 N–H and O–H groups in total. The summed E-state index contributed by atoms with van der Waals surface area (Å²) in [5.41, 5.74) is 1.35. The molecule has 2 heterocycles. The molecule has 2 fully saturated rings. The molecule has 2 aliphatic rings. The highest BCUT2D eigenvalue weighted by Gasteiger charge is 2.21. The lowest BCUT2D eigenvalue weighted by atomic mass is 10.0. The molecule has 2 aliphatic heterocycles. The van der Waals surface area contributed by atoms with Crippen molar-refractivity contribution in [2.24, 2.45) is 0 Å². The smallest absolute Gasteiger partial charge is 0.253 e. The molecular formula is C18H25N3O2. The third kappa shape index (κ3) is 4.10. The first-order valence-electron chi connectivity index (χ1n) is 8.67. The quantitative estimate of drug-likeness (QED) is 0.900. The Labute approximate surface area is 137 Å². The van der Waals surface area contributed by atoms with Gasteiger partial charge in [0.25, 0.3) is 5.91 Å². The number of anilines is 1. The second kappa shape index (κ2) is 7.59. The van der Waals surface area contributed by atoms with Crippen molar-refractivity contribution in [1.82, 2.24) is 10.2 Å². The lowest BCUT2D eigenvalue weighted by Gasteiger charge is -2.27. The first-order chi connectivity index (χ1) is 11.2. The minimum Gasteiger partial charge on any atom is -0.339 e. The summed E-state index contributed by atoms with van der Waals surface area (Å²) >= 11 is 0. The number of hydrogen-bond acceptors (Lipinski definition) is 3. The summed E-state index contributed by atoms with van der Waals surface area (Å²) < 4.78 is 0. The maximum absolute atomic E-state index is 12.5. The van der Waals surface area contributed by atoms with Crippen molar-refractivity contribution < 1.29 is 9.59 Å². The first-order valence-corrected chi connectivity index (χ1v) is 8.67. The van der Waals surface area contributed by atoms with Gasteiger partial charge in [-0.2, -0.15) is 0 Å². The Balaban J connectivity index is 1.64. The molecule has 5 nitrogen and oxygen atoms in total. The molecule has 1 atom stereocenters. The van der Waals surface area contributed by atoms with Crippen LogP contribution in [0.5, 0.6) is 0 Å². The van der Waals surface area contributed by atoms with E-state index in [-0.39, 0.29) is 17.9 Å². The number of carbonyl (C=O) groups is 2. The van der Waals surface area contributed by atoms with E-state index < -0.39 is 0 Å². The van der Waals surface area contributed by atoms with E-state index in [0.717, 1.165) is 51.7 Å². The number of nitrogens with zero attached hydrogens (tertiary/aromatic N) is 1. The van der Waals surface area contributed by atoms with E-state index in [4.69, 9.17) is 0 Å². The standard InChI is InChI=1S/C18H25N3O2/c22-17(16-9-2-3-10-19-16)20-15-8-6-7-14(13-15)18(23)21-11-4-1-5-12-21/h6-8,13,16,19H,1-5,9-12H2,(H,20,22). The minimum atomic E-state index is -0.120. The van der Waals surface area contributed by atoms with Gasteiger partial charge < -0.3 is 15.5 Å². The summed E-state index contributed by atoms with van der Waals surface area (Å²) in [6, 6.07) is 7.17. The number of piperidine rings is 2. The normalized spacial score (nSPS) is 21.7. The summed E-state index contributed by atoms with van der Waals surface area (Å²) in [7, 11) is 0. The molecule has 2 amide bonds. The zero-order valence-electron chi connectivity index (χ0n) is 13.5. The molecular weight excluding hydrogens is 290 g/mol. The van der Waals surface area contributed by atoms with Crippen molar-refractivity contribution >= 4 is 17.5 Å². The van der Waals surface area contributed by atoms with E-state index in [9.17, 15) is 9.59 Å². The van der Waals surface area contributed by atoms with Gasteiger partial charge >= 0.3 is 0 Å². The van der Waals surface area contributed by atoms with Crippen LogP contribution in [0.2, 0.25) is 0 Å². The van der Waals surface area contributed by atoms with Crippen LogP contribution < -0.4 is 10.6 Å². The minimum absolute atomic E-state index is 0.00716. The van der Waals surface area contributed by atoms with Crippen LogP contribution in [0.1, 0.15) is 48.9 Å². The monoisotopic (exact) mass is 315 g/mol. The van der Waals surface area contributed by atoms with Crippen molar-refractivity contribution in [3.8, 4) is 0 Å². The fraction of sp³-hybridized carbons (Fsp3) is 0.556. The maximum Gasteiger partial charge on any atom is 0.253 e. The van der Waals surface area contributed by atoms with E-state index >= 15 is 0 Å². The van der Waals surface area contributed by atoms with Crippen molar-refractivity contribution in [3.63, 3.8) is 0 Å².